The molecule has 0 atom stereocenters. The Morgan fingerprint density at radius 1 is 1.00 bits per heavy atom. The first-order valence-electron chi connectivity index (χ1n) is 8.07. The lowest BCUT2D eigenvalue weighted by atomic mass is 10.1. The molecule has 0 radical (unpaired) electrons. The topological polar surface area (TPSA) is 55.8 Å². The van der Waals surface area contributed by atoms with Gasteiger partial charge in [-0.25, -0.2) is 4.79 Å². The lowest BCUT2D eigenvalue weighted by molar-refractivity contribution is -0.140. The fourth-order valence-electron chi connectivity index (χ4n) is 2.42. The molecule has 0 fully saturated rings. The van der Waals surface area contributed by atoms with E-state index >= 15 is 0 Å². The van der Waals surface area contributed by atoms with Crippen molar-refractivity contribution in [1.82, 2.24) is 4.90 Å². The van der Waals surface area contributed by atoms with Crippen molar-refractivity contribution >= 4 is 11.9 Å². The van der Waals surface area contributed by atoms with Gasteiger partial charge < -0.3 is 9.47 Å². The third-order valence-electron chi connectivity index (χ3n) is 3.65. The van der Waals surface area contributed by atoms with Gasteiger partial charge in [-0.05, 0) is 50.0 Å². The van der Waals surface area contributed by atoms with Gasteiger partial charge in [0.25, 0.3) is 0 Å². The monoisotopic (exact) mass is 321 g/mol. The first kappa shape index (κ1) is 19.2. The normalized spacial score (nSPS) is 10.6. The van der Waals surface area contributed by atoms with Gasteiger partial charge in [0.15, 0.2) is 0 Å². The average Bonchev–Trinajstić information content (AvgIpc) is 2.58. The Balaban J connectivity index is 2.48. The molecular weight excluding hydrogens is 294 g/mol. The molecule has 1 aromatic rings. The molecule has 0 amide bonds. The van der Waals surface area contributed by atoms with Gasteiger partial charge in [-0.2, -0.15) is 0 Å². The summed E-state index contributed by atoms with van der Waals surface area (Å²) >= 11 is 0. The van der Waals surface area contributed by atoms with E-state index in [1.165, 1.54) is 19.8 Å². The predicted molar refractivity (Wildman–Crippen MR) is 89.2 cm³/mol. The van der Waals surface area contributed by atoms with Gasteiger partial charge in [0, 0.05) is 13.0 Å². The number of nitrogens with zero attached hydrogens (tertiary/aromatic N) is 1. The second kappa shape index (κ2) is 10.8. The maximum atomic E-state index is 11.4. The van der Waals surface area contributed by atoms with Crippen molar-refractivity contribution in [1.29, 1.82) is 0 Å². The summed E-state index contributed by atoms with van der Waals surface area (Å²) < 4.78 is 9.35. The molecule has 0 aliphatic heterocycles. The van der Waals surface area contributed by atoms with E-state index in [0.717, 1.165) is 38.9 Å². The van der Waals surface area contributed by atoms with Crippen LogP contribution in [0.25, 0.3) is 0 Å². The van der Waals surface area contributed by atoms with Gasteiger partial charge in [-0.3, -0.25) is 9.69 Å². The molecule has 0 aliphatic carbocycles. The third-order valence-corrected chi connectivity index (χ3v) is 3.65. The SMILES string of the molecule is CCCN(CCCCC(=O)OC)Cc1ccc(C(=O)OC)cc1. The average molecular weight is 321 g/mol. The standard InChI is InChI=1S/C18H27NO4/c1-4-12-19(13-6-5-7-17(20)22-2)14-15-8-10-16(11-9-15)18(21)23-3/h8-11H,4-7,12-14H2,1-3H3. The molecule has 1 aromatic carbocycles. The second-order valence-electron chi connectivity index (χ2n) is 5.50. The molecule has 1 rings (SSSR count). The van der Waals surface area contributed by atoms with Crippen molar-refractivity contribution in [3.05, 3.63) is 35.4 Å². The number of hydrogen-bond acceptors (Lipinski definition) is 5. The number of carbonyl (C=O) groups is 2. The molecule has 0 N–H and O–H groups in total. The van der Waals surface area contributed by atoms with Gasteiger partial charge >= 0.3 is 11.9 Å². The molecule has 0 saturated carbocycles. The number of ether oxygens (including phenoxy) is 2. The largest absolute Gasteiger partial charge is 0.469 e. The third kappa shape index (κ3) is 7.28. The highest BCUT2D eigenvalue weighted by atomic mass is 16.5. The Labute approximate surface area is 138 Å². The predicted octanol–water partition coefficient (Wildman–Crippen LogP) is 3.03. The van der Waals surface area contributed by atoms with Gasteiger partial charge in [-0.1, -0.05) is 19.1 Å². The first-order chi connectivity index (χ1) is 11.1. The minimum atomic E-state index is -0.315. The zero-order valence-corrected chi connectivity index (χ0v) is 14.3. The number of methoxy groups -OCH3 is 2. The van der Waals surface area contributed by atoms with Crippen LogP contribution in [0.5, 0.6) is 0 Å². The summed E-state index contributed by atoms with van der Waals surface area (Å²) in [5, 5.41) is 0. The molecule has 0 bridgehead atoms. The van der Waals surface area contributed by atoms with E-state index < -0.39 is 0 Å². The Kier molecular flexibility index (Phi) is 8.98. The van der Waals surface area contributed by atoms with Crippen molar-refractivity contribution in [2.24, 2.45) is 0 Å². The summed E-state index contributed by atoms with van der Waals surface area (Å²) in [5.41, 5.74) is 1.73. The maximum Gasteiger partial charge on any atom is 0.337 e. The Bertz CT molecular complexity index is 484. The van der Waals surface area contributed by atoms with Crippen LogP contribution in [0.4, 0.5) is 0 Å². The van der Waals surface area contributed by atoms with E-state index in [2.05, 4.69) is 16.6 Å². The summed E-state index contributed by atoms with van der Waals surface area (Å²) in [6, 6.07) is 7.51. The fourth-order valence-corrected chi connectivity index (χ4v) is 2.42. The van der Waals surface area contributed by atoms with Gasteiger partial charge in [0.2, 0.25) is 0 Å². The Morgan fingerprint density at radius 3 is 2.26 bits per heavy atom. The molecule has 0 saturated heterocycles. The summed E-state index contributed by atoms with van der Waals surface area (Å²) in [4.78, 5) is 24.9. The van der Waals surface area contributed by atoms with Gasteiger partial charge in [0.05, 0.1) is 19.8 Å². The lowest BCUT2D eigenvalue weighted by Gasteiger charge is -2.21. The van der Waals surface area contributed by atoms with E-state index in [4.69, 9.17) is 4.74 Å². The highest BCUT2D eigenvalue weighted by Gasteiger charge is 2.08. The van der Waals surface area contributed by atoms with Crippen LogP contribution in [0.3, 0.4) is 0 Å². The molecule has 0 unspecified atom stereocenters. The molecule has 128 valence electrons. The number of hydrogen-bond donors (Lipinski definition) is 0. The Morgan fingerprint density at radius 2 is 1.70 bits per heavy atom. The quantitative estimate of drug-likeness (QED) is 0.490. The zero-order chi connectivity index (χ0) is 17.1. The lowest BCUT2D eigenvalue weighted by Crippen LogP contribution is -2.25. The zero-order valence-electron chi connectivity index (χ0n) is 14.3. The molecule has 5 heteroatoms. The van der Waals surface area contributed by atoms with Crippen molar-refractivity contribution in [3.8, 4) is 0 Å². The molecule has 0 aliphatic rings. The van der Waals surface area contributed by atoms with Crippen molar-refractivity contribution in [3.63, 3.8) is 0 Å². The van der Waals surface area contributed by atoms with Crippen LogP contribution >= 0.6 is 0 Å². The van der Waals surface area contributed by atoms with Crippen molar-refractivity contribution < 1.29 is 19.1 Å². The van der Waals surface area contributed by atoms with Crippen LogP contribution in [0.1, 0.15) is 48.5 Å². The smallest absolute Gasteiger partial charge is 0.337 e. The molecular formula is C18H27NO4. The number of esters is 2. The number of unbranched alkanes of at least 4 members (excludes halogenated alkanes) is 1. The maximum absolute atomic E-state index is 11.4. The number of carbonyl (C=O) groups excluding carboxylic acids is 2. The molecule has 5 nitrogen and oxygen atoms in total. The summed E-state index contributed by atoms with van der Waals surface area (Å²) in [6.45, 7) is 4.95. The van der Waals surface area contributed by atoms with E-state index in [0.29, 0.717) is 12.0 Å². The first-order valence-corrected chi connectivity index (χ1v) is 8.07. The van der Waals surface area contributed by atoms with Crippen molar-refractivity contribution in [2.45, 2.75) is 39.2 Å². The van der Waals surface area contributed by atoms with Gasteiger partial charge in [-0.15, -0.1) is 0 Å². The molecule has 0 heterocycles. The minimum absolute atomic E-state index is 0.148. The molecule has 0 aromatic heterocycles. The van der Waals surface area contributed by atoms with E-state index in [-0.39, 0.29) is 11.9 Å². The molecule has 0 spiro atoms. The van der Waals surface area contributed by atoms with Crippen LogP contribution < -0.4 is 0 Å². The van der Waals surface area contributed by atoms with Crippen LogP contribution in [0.15, 0.2) is 24.3 Å². The highest BCUT2D eigenvalue weighted by Crippen LogP contribution is 2.10. The second-order valence-corrected chi connectivity index (χ2v) is 5.50. The minimum Gasteiger partial charge on any atom is -0.469 e. The van der Waals surface area contributed by atoms with Crippen molar-refractivity contribution in [2.75, 3.05) is 27.3 Å². The number of rotatable bonds is 10. The van der Waals surface area contributed by atoms with Crippen LogP contribution in [0, 0.1) is 0 Å². The van der Waals surface area contributed by atoms with Crippen LogP contribution in [0.2, 0.25) is 0 Å². The van der Waals surface area contributed by atoms with Gasteiger partial charge in [0.1, 0.15) is 0 Å². The van der Waals surface area contributed by atoms with E-state index in [1.54, 1.807) is 12.1 Å². The summed E-state index contributed by atoms with van der Waals surface area (Å²) in [7, 11) is 2.80. The Hall–Kier alpha value is -1.88. The fraction of sp³-hybridized carbons (Fsp3) is 0.556. The number of benzene rings is 1. The summed E-state index contributed by atoms with van der Waals surface area (Å²) in [6.07, 6.45) is 3.37. The van der Waals surface area contributed by atoms with Crippen LogP contribution in [-0.4, -0.2) is 44.1 Å². The summed E-state index contributed by atoms with van der Waals surface area (Å²) in [5.74, 6) is -0.463. The van der Waals surface area contributed by atoms with E-state index in [1.807, 2.05) is 12.1 Å². The highest BCUT2D eigenvalue weighted by molar-refractivity contribution is 5.89. The van der Waals surface area contributed by atoms with E-state index in [9.17, 15) is 9.59 Å². The molecule has 23 heavy (non-hydrogen) atoms. The van der Waals surface area contributed by atoms with Crippen LogP contribution in [-0.2, 0) is 20.8 Å².